The molecule has 1 aromatic carbocycles. The zero-order chi connectivity index (χ0) is 12.6. The van der Waals surface area contributed by atoms with Crippen LogP contribution in [0.15, 0.2) is 18.2 Å². The molecule has 17 heavy (non-hydrogen) atoms. The molecule has 0 fully saturated rings. The fourth-order valence-corrected chi connectivity index (χ4v) is 2.15. The summed E-state index contributed by atoms with van der Waals surface area (Å²) in [6.07, 6.45) is 0. The van der Waals surface area contributed by atoms with E-state index in [0.717, 1.165) is 22.6 Å². The molecule has 2 aromatic rings. The van der Waals surface area contributed by atoms with Gasteiger partial charge in [-0.3, -0.25) is 0 Å². The summed E-state index contributed by atoms with van der Waals surface area (Å²) in [5, 5.41) is 5.22. The van der Waals surface area contributed by atoms with Crippen LogP contribution in [0.4, 0.5) is 0 Å². The van der Waals surface area contributed by atoms with E-state index in [2.05, 4.69) is 18.9 Å². The Hall–Kier alpha value is -1.32. The molecule has 2 rings (SSSR count). The van der Waals surface area contributed by atoms with Gasteiger partial charge in [0.15, 0.2) is 0 Å². The number of hydrogen-bond acceptors (Lipinski definition) is 2. The van der Waals surface area contributed by atoms with Crippen molar-refractivity contribution in [1.82, 2.24) is 9.78 Å². The van der Waals surface area contributed by atoms with E-state index in [1.807, 2.05) is 29.8 Å². The van der Waals surface area contributed by atoms with Crippen LogP contribution in [0.5, 0.6) is 0 Å². The van der Waals surface area contributed by atoms with E-state index >= 15 is 0 Å². The van der Waals surface area contributed by atoms with Crippen LogP contribution in [0, 0.1) is 20.8 Å². The Labute approximate surface area is 106 Å². The lowest BCUT2D eigenvalue weighted by atomic mass is 10.1. The molecule has 1 aromatic heterocycles. The maximum atomic E-state index is 6.16. The van der Waals surface area contributed by atoms with E-state index in [4.69, 9.17) is 17.3 Å². The van der Waals surface area contributed by atoms with Gasteiger partial charge in [0.1, 0.15) is 0 Å². The molecule has 4 heteroatoms. The van der Waals surface area contributed by atoms with E-state index in [1.54, 1.807) is 0 Å². The second-order valence-electron chi connectivity index (χ2n) is 4.15. The standard InChI is InChI=1S/C13H16ClN3/c1-8-9(2)16-17(10(8)3)13-6-4-5-12(14)11(13)7-15/h4-6H,7,15H2,1-3H3. The SMILES string of the molecule is Cc1nn(-c2cccc(Cl)c2CN)c(C)c1C. The number of benzene rings is 1. The quantitative estimate of drug-likeness (QED) is 0.890. The highest BCUT2D eigenvalue weighted by Gasteiger charge is 2.13. The topological polar surface area (TPSA) is 43.8 Å². The zero-order valence-corrected chi connectivity index (χ0v) is 11.0. The number of nitrogens with zero attached hydrogens (tertiary/aromatic N) is 2. The normalized spacial score (nSPS) is 10.9. The molecule has 0 spiro atoms. The third-order valence-corrected chi connectivity index (χ3v) is 3.53. The largest absolute Gasteiger partial charge is 0.326 e. The predicted molar refractivity (Wildman–Crippen MR) is 70.7 cm³/mol. The van der Waals surface area contributed by atoms with E-state index in [1.165, 1.54) is 5.56 Å². The lowest BCUT2D eigenvalue weighted by Gasteiger charge is -2.11. The number of aryl methyl sites for hydroxylation is 1. The highest BCUT2D eigenvalue weighted by atomic mass is 35.5. The van der Waals surface area contributed by atoms with Crippen molar-refractivity contribution in [3.05, 3.63) is 45.7 Å². The Bertz CT molecular complexity index is 558. The van der Waals surface area contributed by atoms with Gasteiger partial charge >= 0.3 is 0 Å². The van der Waals surface area contributed by atoms with Gasteiger partial charge in [-0.05, 0) is 38.5 Å². The molecule has 0 aliphatic heterocycles. The van der Waals surface area contributed by atoms with Crippen molar-refractivity contribution < 1.29 is 0 Å². The van der Waals surface area contributed by atoms with Gasteiger partial charge in [-0.25, -0.2) is 4.68 Å². The van der Waals surface area contributed by atoms with E-state index in [0.29, 0.717) is 11.6 Å². The smallest absolute Gasteiger partial charge is 0.0708 e. The summed E-state index contributed by atoms with van der Waals surface area (Å²) < 4.78 is 1.92. The van der Waals surface area contributed by atoms with E-state index in [9.17, 15) is 0 Å². The fraction of sp³-hybridized carbons (Fsp3) is 0.308. The fourth-order valence-electron chi connectivity index (χ4n) is 1.90. The Morgan fingerprint density at radius 2 is 2.00 bits per heavy atom. The predicted octanol–water partition coefficient (Wildman–Crippen LogP) is 2.91. The second kappa shape index (κ2) is 4.51. The molecule has 0 unspecified atom stereocenters. The molecular formula is C13H16ClN3. The van der Waals surface area contributed by atoms with Crippen LogP contribution in [-0.4, -0.2) is 9.78 Å². The van der Waals surface area contributed by atoms with Crippen LogP contribution < -0.4 is 5.73 Å². The second-order valence-corrected chi connectivity index (χ2v) is 4.56. The monoisotopic (exact) mass is 249 g/mol. The lowest BCUT2D eigenvalue weighted by molar-refractivity contribution is 0.817. The highest BCUT2D eigenvalue weighted by Crippen LogP contribution is 2.25. The number of halogens is 1. The third-order valence-electron chi connectivity index (χ3n) is 3.18. The van der Waals surface area contributed by atoms with Crippen molar-refractivity contribution in [2.24, 2.45) is 5.73 Å². The molecule has 1 heterocycles. The van der Waals surface area contributed by atoms with Gasteiger partial charge in [0.25, 0.3) is 0 Å². The van der Waals surface area contributed by atoms with Crippen LogP contribution >= 0.6 is 11.6 Å². The molecule has 90 valence electrons. The van der Waals surface area contributed by atoms with Crippen molar-refractivity contribution in [1.29, 1.82) is 0 Å². The molecule has 3 nitrogen and oxygen atoms in total. The van der Waals surface area contributed by atoms with Gasteiger partial charge in [-0.1, -0.05) is 17.7 Å². The molecule has 0 aliphatic carbocycles. The maximum absolute atomic E-state index is 6.16. The van der Waals surface area contributed by atoms with E-state index < -0.39 is 0 Å². The highest BCUT2D eigenvalue weighted by molar-refractivity contribution is 6.31. The van der Waals surface area contributed by atoms with Gasteiger partial charge in [0.05, 0.1) is 11.4 Å². The minimum Gasteiger partial charge on any atom is -0.326 e. The molecular weight excluding hydrogens is 234 g/mol. The van der Waals surface area contributed by atoms with Gasteiger partial charge in [-0.2, -0.15) is 5.10 Å². The van der Waals surface area contributed by atoms with Gasteiger partial charge < -0.3 is 5.73 Å². The Morgan fingerprint density at radius 3 is 2.53 bits per heavy atom. The van der Waals surface area contributed by atoms with Crippen molar-refractivity contribution in [3.8, 4) is 5.69 Å². The Balaban J connectivity index is 2.68. The summed E-state index contributed by atoms with van der Waals surface area (Å²) in [6.45, 7) is 6.54. The third kappa shape index (κ3) is 1.96. The lowest BCUT2D eigenvalue weighted by Crippen LogP contribution is -2.07. The first-order chi connectivity index (χ1) is 8.06. The van der Waals surface area contributed by atoms with Crippen LogP contribution in [0.3, 0.4) is 0 Å². The summed E-state index contributed by atoms with van der Waals surface area (Å²) in [5.41, 5.74) is 11.0. The first-order valence-corrected chi connectivity index (χ1v) is 5.94. The van der Waals surface area contributed by atoms with E-state index in [-0.39, 0.29) is 0 Å². The Morgan fingerprint density at radius 1 is 1.29 bits per heavy atom. The molecule has 2 N–H and O–H groups in total. The molecule has 0 bridgehead atoms. The maximum Gasteiger partial charge on any atom is 0.0708 e. The zero-order valence-electron chi connectivity index (χ0n) is 10.3. The Kier molecular flexibility index (Phi) is 3.22. The summed E-state index contributed by atoms with van der Waals surface area (Å²) in [4.78, 5) is 0. The average Bonchev–Trinajstić information content (AvgIpc) is 2.56. The molecule has 0 radical (unpaired) electrons. The minimum absolute atomic E-state index is 0.409. The summed E-state index contributed by atoms with van der Waals surface area (Å²) >= 11 is 6.16. The number of rotatable bonds is 2. The van der Waals surface area contributed by atoms with Crippen LogP contribution in [-0.2, 0) is 6.54 Å². The number of nitrogens with two attached hydrogens (primary N) is 1. The van der Waals surface area contributed by atoms with Crippen LogP contribution in [0.1, 0.15) is 22.5 Å². The van der Waals surface area contributed by atoms with Crippen LogP contribution in [0.2, 0.25) is 5.02 Å². The average molecular weight is 250 g/mol. The van der Waals surface area contributed by atoms with Crippen molar-refractivity contribution in [2.75, 3.05) is 0 Å². The van der Waals surface area contributed by atoms with Crippen LogP contribution in [0.25, 0.3) is 5.69 Å². The number of aromatic nitrogens is 2. The summed E-state index contributed by atoms with van der Waals surface area (Å²) in [7, 11) is 0. The molecule has 0 amide bonds. The molecule has 0 saturated heterocycles. The van der Waals surface area contributed by atoms with Gasteiger partial charge in [0, 0.05) is 22.8 Å². The number of hydrogen-bond donors (Lipinski definition) is 1. The molecule has 0 aliphatic rings. The summed E-state index contributed by atoms with van der Waals surface area (Å²) in [6, 6.07) is 5.77. The summed E-state index contributed by atoms with van der Waals surface area (Å²) in [5.74, 6) is 0. The molecule has 0 saturated carbocycles. The van der Waals surface area contributed by atoms with Crippen molar-refractivity contribution in [2.45, 2.75) is 27.3 Å². The first-order valence-electron chi connectivity index (χ1n) is 5.57. The first kappa shape index (κ1) is 12.1. The minimum atomic E-state index is 0.409. The van der Waals surface area contributed by atoms with Crippen molar-refractivity contribution >= 4 is 11.6 Å². The van der Waals surface area contributed by atoms with Crippen molar-refractivity contribution in [3.63, 3.8) is 0 Å². The van der Waals surface area contributed by atoms with Gasteiger partial charge in [0.2, 0.25) is 0 Å². The molecule has 0 atom stereocenters. The van der Waals surface area contributed by atoms with Gasteiger partial charge in [-0.15, -0.1) is 0 Å².